The minimum absolute atomic E-state index is 0.315. The first-order valence-corrected chi connectivity index (χ1v) is 22.5. The Hall–Kier alpha value is -6.12. The summed E-state index contributed by atoms with van der Waals surface area (Å²) in [5, 5.41) is 15.5. The van der Waals surface area contributed by atoms with Crippen LogP contribution < -0.4 is 46.1 Å². The summed E-state index contributed by atoms with van der Waals surface area (Å²) in [6.07, 6.45) is -1.42. The highest BCUT2D eigenvalue weighted by atomic mass is 16.5. The topological polar surface area (TPSA) is 202 Å². The highest BCUT2D eigenvalue weighted by Crippen LogP contribution is 2.54. The predicted molar refractivity (Wildman–Crippen MR) is 261 cm³/mol. The molecular formula is C52H76N6O9. The molecule has 0 spiro atoms. The van der Waals surface area contributed by atoms with Gasteiger partial charge in [-0.1, -0.05) is 161 Å². The Morgan fingerprint density at radius 1 is 0.328 bits per heavy atom. The summed E-state index contributed by atoms with van der Waals surface area (Å²) in [6, 6.07) is 12.3. The monoisotopic (exact) mass is 929 g/mol. The fourth-order valence-corrected chi connectivity index (χ4v) is 7.54. The number of benzene rings is 3. The van der Waals surface area contributed by atoms with Gasteiger partial charge in [-0.05, 0) is 49.2 Å². The molecule has 0 heterocycles. The first-order chi connectivity index (χ1) is 30.8. The van der Waals surface area contributed by atoms with Crippen LogP contribution in [0, 0.1) is 0 Å². The van der Waals surface area contributed by atoms with Crippen molar-refractivity contribution in [1.82, 2.24) is 31.9 Å². The SMILES string of the molecule is CC(C)(C)c1cc(C(c2cc(C(C)(C)C)cc(C(C)(C)C)c2OC(NC=O)NC=O)c2cc(C(C)(C)C)cc(C(C)(C)C)c2OC(NC=O)NC=O)c(OC(NC=O)NC=O)c(C(C)(C)C)c1. The summed E-state index contributed by atoms with van der Waals surface area (Å²) in [5.41, 5.74) is 3.30. The van der Waals surface area contributed by atoms with Crippen molar-refractivity contribution < 1.29 is 43.0 Å². The van der Waals surface area contributed by atoms with Crippen LogP contribution in [0.4, 0.5) is 0 Å². The van der Waals surface area contributed by atoms with Crippen LogP contribution in [0.5, 0.6) is 17.2 Å². The fraction of sp³-hybridized carbons (Fsp3) is 0.538. The van der Waals surface area contributed by atoms with E-state index in [-0.39, 0.29) is 0 Å². The van der Waals surface area contributed by atoms with Gasteiger partial charge in [-0.3, -0.25) is 28.8 Å². The van der Waals surface area contributed by atoms with Gasteiger partial charge in [0.2, 0.25) is 38.5 Å². The molecule has 0 aromatic heterocycles. The number of ether oxygens (including phenoxy) is 3. The quantitative estimate of drug-likeness (QED) is 0.0366. The second kappa shape index (κ2) is 21.2. The average molecular weight is 929 g/mol. The molecule has 15 heteroatoms. The normalized spacial score (nSPS) is 12.6. The van der Waals surface area contributed by atoms with Gasteiger partial charge in [0.25, 0.3) is 19.1 Å². The second-order valence-electron chi connectivity index (χ2n) is 23.0. The number of nitrogens with one attached hydrogen (secondary N) is 6. The van der Waals surface area contributed by atoms with Crippen molar-refractivity contribution in [2.24, 2.45) is 0 Å². The van der Waals surface area contributed by atoms with E-state index in [2.05, 4.69) is 112 Å². The van der Waals surface area contributed by atoms with Crippen molar-refractivity contribution in [3.05, 3.63) is 86.5 Å². The highest BCUT2D eigenvalue weighted by molar-refractivity contribution is 5.66. The zero-order chi connectivity index (χ0) is 51.1. The third-order valence-electron chi connectivity index (χ3n) is 11.3. The van der Waals surface area contributed by atoms with E-state index in [1.807, 2.05) is 80.5 Å². The third kappa shape index (κ3) is 14.0. The molecule has 0 radical (unpaired) electrons. The van der Waals surface area contributed by atoms with E-state index in [9.17, 15) is 28.8 Å². The maximum atomic E-state index is 12.1. The van der Waals surface area contributed by atoms with E-state index in [1.54, 1.807) is 0 Å². The first-order valence-electron chi connectivity index (χ1n) is 22.5. The standard InChI is InChI=1S/C52H76N6O9/c1-47(2,3)31-19-34(41(37(22-31)50(10,11)12)65-44(53-25-59)54-26-60)40(35-20-32(48(4,5)6)23-38(51(13,14)15)42(35)66-45(55-27-61)56-28-62)36-21-33(49(7,8)9)24-39(52(16,17)18)43(36)67-46(57-29-63)58-30-64/h19-30,40,44-46H,1-18H3,(H,53,59)(H,54,60)(H,55,61)(H,56,62)(H,57,63)(H,58,64). The van der Waals surface area contributed by atoms with Gasteiger partial charge >= 0.3 is 0 Å². The summed E-state index contributed by atoms with van der Waals surface area (Å²) < 4.78 is 20.6. The van der Waals surface area contributed by atoms with Gasteiger partial charge in [-0.2, -0.15) is 0 Å². The first kappa shape index (κ1) is 55.2. The molecule has 3 aromatic rings. The zero-order valence-corrected chi connectivity index (χ0v) is 42.9. The molecule has 0 saturated carbocycles. The van der Waals surface area contributed by atoms with Crippen LogP contribution in [-0.4, -0.2) is 57.5 Å². The van der Waals surface area contributed by atoms with E-state index in [0.717, 1.165) is 33.4 Å². The zero-order valence-electron chi connectivity index (χ0n) is 42.9. The molecule has 67 heavy (non-hydrogen) atoms. The average Bonchev–Trinajstić information content (AvgIpc) is 3.17. The van der Waals surface area contributed by atoms with E-state index in [0.29, 0.717) is 72.4 Å². The molecule has 0 fully saturated rings. The van der Waals surface area contributed by atoms with E-state index in [4.69, 9.17) is 14.2 Å². The Morgan fingerprint density at radius 2 is 0.522 bits per heavy atom. The van der Waals surface area contributed by atoms with Crippen molar-refractivity contribution in [3.8, 4) is 17.2 Å². The number of hydrogen-bond donors (Lipinski definition) is 6. The lowest BCUT2D eigenvalue weighted by Gasteiger charge is -2.38. The molecule has 0 aliphatic heterocycles. The minimum atomic E-state index is -1.34. The molecule has 3 rings (SSSR count). The maximum absolute atomic E-state index is 12.1. The Morgan fingerprint density at radius 3 is 0.672 bits per heavy atom. The van der Waals surface area contributed by atoms with Crippen LogP contribution >= 0.6 is 0 Å². The van der Waals surface area contributed by atoms with Crippen LogP contribution in [0.25, 0.3) is 0 Å². The van der Waals surface area contributed by atoms with Crippen molar-refractivity contribution in [2.45, 2.75) is 182 Å². The molecule has 0 aliphatic rings. The van der Waals surface area contributed by atoms with Crippen LogP contribution in [0.15, 0.2) is 36.4 Å². The number of carbonyl (C=O) groups excluding carboxylic acids is 6. The Labute approximate surface area is 398 Å². The predicted octanol–water partition coefficient (Wildman–Crippen LogP) is 7.12. The Kier molecular flexibility index (Phi) is 17.5. The molecule has 3 aromatic carbocycles. The maximum Gasteiger partial charge on any atom is 0.252 e. The summed E-state index contributed by atoms with van der Waals surface area (Å²) in [5.74, 6) is -0.0369. The van der Waals surface area contributed by atoms with E-state index >= 15 is 0 Å². The highest BCUT2D eigenvalue weighted by Gasteiger charge is 2.40. The molecule has 0 atom stereocenters. The minimum Gasteiger partial charge on any atom is -0.452 e. The summed E-state index contributed by atoms with van der Waals surface area (Å²) in [7, 11) is 0. The largest absolute Gasteiger partial charge is 0.452 e. The molecule has 6 amide bonds. The van der Waals surface area contributed by atoms with Crippen molar-refractivity contribution in [2.75, 3.05) is 0 Å². The Bertz CT molecular complexity index is 1970. The second-order valence-corrected chi connectivity index (χ2v) is 23.0. The number of amides is 6. The lowest BCUT2D eigenvalue weighted by Crippen LogP contribution is -2.46. The molecule has 0 aliphatic carbocycles. The van der Waals surface area contributed by atoms with Crippen LogP contribution in [0.2, 0.25) is 0 Å². The van der Waals surface area contributed by atoms with Gasteiger partial charge in [0, 0.05) is 39.3 Å². The van der Waals surface area contributed by atoms with Crippen molar-refractivity contribution >= 4 is 38.5 Å². The van der Waals surface area contributed by atoms with Gasteiger partial charge in [0.15, 0.2) is 0 Å². The van der Waals surface area contributed by atoms with Gasteiger partial charge < -0.3 is 46.1 Å². The Balaban J connectivity index is 3.12. The summed E-state index contributed by atoms with van der Waals surface area (Å²) in [4.78, 5) is 72.8. The molecule has 0 unspecified atom stereocenters. The van der Waals surface area contributed by atoms with Crippen LogP contribution in [0.3, 0.4) is 0 Å². The van der Waals surface area contributed by atoms with E-state index in [1.165, 1.54) is 0 Å². The van der Waals surface area contributed by atoms with Crippen LogP contribution in [0.1, 0.15) is 181 Å². The molecule has 0 saturated heterocycles. The number of hydrogen-bond acceptors (Lipinski definition) is 9. The van der Waals surface area contributed by atoms with Gasteiger partial charge in [-0.25, -0.2) is 0 Å². The summed E-state index contributed by atoms with van der Waals surface area (Å²) >= 11 is 0. The van der Waals surface area contributed by atoms with Gasteiger partial charge in [0.05, 0.1) is 0 Å². The van der Waals surface area contributed by atoms with Gasteiger partial charge in [-0.15, -0.1) is 0 Å². The lowest BCUT2D eigenvalue weighted by atomic mass is 9.70. The molecule has 6 N–H and O–H groups in total. The number of carbonyl (C=O) groups is 6. The fourth-order valence-electron chi connectivity index (χ4n) is 7.54. The van der Waals surface area contributed by atoms with Crippen molar-refractivity contribution in [1.29, 1.82) is 0 Å². The molecule has 368 valence electrons. The van der Waals surface area contributed by atoms with E-state index < -0.39 is 57.5 Å². The van der Waals surface area contributed by atoms with Crippen LogP contribution in [-0.2, 0) is 61.3 Å². The van der Waals surface area contributed by atoms with Crippen molar-refractivity contribution in [3.63, 3.8) is 0 Å². The third-order valence-corrected chi connectivity index (χ3v) is 11.3. The molecule has 0 bridgehead atoms. The molecular weight excluding hydrogens is 853 g/mol. The van der Waals surface area contributed by atoms with Gasteiger partial charge in [0.1, 0.15) is 17.2 Å². The molecule has 15 nitrogen and oxygen atoms in total. The number of rotatable bonds is 21. The lowest BCUT2D eigenvalue weighted by molar-refractivity contribution is -0.117. The summed E-state index contributed by atoms with van der Waals surface area (Å²) in [6.45, 7) is 37.2. The smallest absolute Gasteiger partial charge is 0.252 e.